The van der Waals surface area contributed by atoms with E-state index in [1.807, 2.05) is 18.0 Å². The van der Waals surface area contributed by atoms with Crippen molar-refractivity contribution in [2.45, 2.75) is 19.1 Å². The molecule has 3 aromatic rings. The number of nitrogens with zero attached hydrogens (tertiary/aromatic N) is 5. The van der Waals surface area contributed by atoms with E-state index in [9.17, 15) is 14.3 Å². The number of aliphatic hydroxyl groups excluding tert-OH is 1. The van der Waals surface area contributed by atoms with Crippen LogP contribution in [0, 0.1) is 5.82 Å². The van der Waals surface area contributed by atoms with E-state index in [2.05, 4.69) is 26.2 Å². The van der Waals surface area contributed by atoms with Gasteiger partial charge in [0.2, 0.25) is 0 Å². The van der Waals surface area contributed by atoms with Crippen LogP contribution in [0.2, 0.25) is 0 Å². The van der Waals surface area contributed by atoms with Crippen molar-refractivity contribution in [3.05, 3.63) is 59.9 Å². The molecule has 1 unspecified atom stereocenters. The van der Waals surface area contributed by atoms with Crippen LogP contribution in [0.4, 0.5) is 14.9 Å². The highest BCUT2D eigenvalue weighted by molar-refractivity contribution is 5.89. The molecule has 2 amide bonds. The highest BCUT2D eigenvalue weighted by atomic mass is 19.1. The Bertz CT molecular complexity index is 993. The van der Waals surface area contributed by atoms with Gasteiger partial charge in [-0.2, -0.15) is 0 Å². The third-order valence-electron chi connectivity index (χ3n) is 4.65. The molecule has 164 valence electrons. The number of hydrogen-bond donors (Lipinski definition) is 3. The first-order valence-corrected chi connectivity index (χ1v) is 9.89. The number of nitrogens with one attached hydrogen (secondary N) is 2. The van der Waals surface area contributed by atoms with Crippen molar-refractivity contribution in [2.24, 2.45) is 7.05 Å². The Hall–Kier alpha value is -3.37. The summed E-state index contributed by atoms with van der Waals surface area (Å²) in [5, 5.41) is 27.1. The minimum Gasteiger partial charge on any atom is -0.392 e. The molecule has 0 fully saturated rings. The zero-order valence-corrected chi connectivity index (χ0v) is 17.5. The van der Waals surface area contributed by atoms with Gasteiger partial charge in [0.05, 0.1) is 6.10 Å². The second kappa shape index (κ2) is 10.6. The quantitative estimate of drug-likeness (QED) is 0.482. The molecule has 0 aliphatic heterocycles. The lowest BCUT2D eigenvalue weighted by molar-refractivity contribution is 0.115. The molecule has 1 aromatic heterocycles. The maximum absolute atomic E-state index is 13.0. The van der Waals surface area contributed by atoms with E-state index in [1.165, 1.54) is 12.1 Å². The van der Waals surface area contributed by atoms with Gasteiger partial charge in [-0.15, -0.1) is 5.10 Å². The number of hydrogen-bond acceptors (Lipinski definition) is 6. The third kappa shape index (κ3) is 6.83. The Balaban J connectivity index is 1.40. The summed E-state index contributed by atoms with van der Waals surface area (Å²) in [6, 6.07) is 13.1. The predicted octanol–water partition coefficient (Wildman–Crippen LogP) is 2.02. The average Bonchev–Trinajstić information content (AvgIpc) is 3.16. The fraction of sp³-hybridized carbons (Fsp3) is 0.333. The van der Waals surface area contributed by atoms with Gasteiger partial charge in [0, 0.05) is 37.9 Å². The second-order valence-electron chi connectivity index (χ2n) is 7.35. The van der Waals surface area contributed by atoms with Crippen molar-refractivity contribution in [1.29, 1.82) is 0 Å². The molecule has 1 heterocycles. The minimum absolute atomic E-state index is 0.270. The summed E-state index contributed by atoms with van der Waals surface area (Å²) in [5.41, 5.74) is 2.36. The zero-order valence-electron chi connectivity index (χ0n) is 17.5. The smallest absolute Gasteiger partial charge is 0.319 e. The first kappa shape index (κ1) is 22.3. The van der Waals surface area contributed by atoms with Crippen LogP contribution >= 0.6 is 0 Å². The van der Waals surface area contributed by atoms with Crippen molar-refractivity contribution in [3.8, 4) is 11.4 Å². The average molecular weight is 427 g/mol. The maximum atomic E-state index is 13.0. The van der Waals surface area contributed by atoms with Gasteiger partial charge < -0.3 is 15.7 Å². The monoisotopic (exact) mass is 427 g/mol. The van der Waals surface area contributed by atoms with Gasteiger partial charge >= 0.3 is 6.03 Å². The lowest BCUT2D eigenvalue weighted by Crippen LogP contribution is -2.34. The first-order chi connectivity index (χ1) is 14.9. The molecule has 0 aliphatic rings. The van der Waals surface area contributed by atoms with Crippen molar-refractivity contribution >= 4 is 11.7 Å². The van der Waals surface area contributed by atoms with E-state index >= 15 is 0 Å². The zero-order chi connectivity index (χ0) is 22.2. The molecule has 3 N–H and O–H groups in total. The van der Waals surface area contributed by atoms with Crippen LogP contribution < -0.4 is 10.6 Å². The fourth-order valence-corrected chi connectivity index (χ4v) is 3.15. The molecule has 0 bridgehead atoms. The molecule has 0 saturated carbocycles. The van der Waals surface area contributed by atoms with Gasteiger partial charge in [0.1, 0.15) is 5.82 Å². The van der Waals surface area contributed by atoms with Crippen molar-refractivity contribution < 1.29 is 14.3 Å². The molecule has 10 heteroatoms. The number of benzene rings is 2. The summed E-state index contributed by atoms with van der Waals surface area (Å²) in [6.45, 7) is 1.36. The summed E-state index contributed by atoms with van der Waals surface area (Å²) < 4.78 is 14.5. The Morgan fingerprint density at radius 2 is 2.03 bits per heavy atom. The van der Waals surface area contributed by atoms with E-state index in [0.29, 0.717) is 37.6 Å². The number of rotatable bonds is 9. The summed E-state index contributed by atoms with van der Waals surface area (Å²) in [5.74, 6) is 0.324. The number of anilines is 1. The van der Waals surface area contributed by atoms with Gasteiger partial charge in [0.25, 0.3) is 0 Å². The third-order valence-corrected chi connectivity index (χ3v) is 4.65. The van der Waals surface area contributed by atoms with Gasteiger partial charge in [-0.1, -0.05) is 24.3 Å². The van der Waals surface area contributed by atoms with E-state index in [4.69, 9.17) is 0 Å². The van der Waals surface area contributed by atoms with E-state index < -0.39 is 6.10 Å². The number of tetrazole rings is 1. The number of halogens is 1. The number of carbonyl (C=O) groups is 1. The molecule has 1 atom stereocenters. The number of amides is 2. The molecule has 31 heavy (non-hydrogen) atoms. The number of carbonyl (C=O) groups excluding carboxylic acids is 1. The van der Waals surface area contributed by atoms with Crippen LogP contribution in [0.1, 0.15) is 12.0 Å². The summed E-state index contributed by atoms with van der Waals surface area (Å²) in [7, 11) is 3.62. The summed E-state index contributed by atoms with van der Waals surface area (Å²) >= 11 is 0. The highest BCUT2D eigenvalue weighted by Crippen LogP contribution is 2.19. The summed E-state index contributed by atoms with van der Waals surface area (Å²) in [6.07, 6.45) is -0.191. The minimum atomic E-state index is -0.600. The molecule has 0 saturated heterocycles. The van der Waals surface area contributed by atoms with Crippen LogP contribution in [0.25, 0.3) is 11.4 Å². The Kier molecular flexibility index (Phi) is 7.63. The molecule has 0 aliphatic carbocycles. The molecule has 3 rings (SSSR count). The van der Waals surface area contributed by atoms with Crippen molar-refractivity contribution in [2.75, 3.05) is 25.5 Å². The van der Waals surface area contributed by atoms with Crippen LogP contribution in [0.3, 0.4) is 0 Å². The number of likely N-dealkylation sites (N-methyl/N-ethyl adjacent to an activating group) is 1. The van der Waals surface area contributed by atoms with Crippen LogP contribution in [-0.2, 0) is 13.6 Å². The number of aromatic nitrogens is 4. The largest absolute Gasteiger partial charge is 0.392 e. The van der Waals surface area contributed by atoms with Crippen molar-refractivity contribution in [3.63, 3.8) is 0 Å². The molecule has 0 spiro atoms. The molecular formula is C21H26FN7O2. The number of aryl methyl sites for hydroxylation is 1. The molecule has 2 aromatic carbocycles. The van der Waals surface area contributed by atoms with Gasteiger partial charge in [-0.3, -0.25) is 4.90 Å². The van der Waals surface area contributed by atoms with Crippen molar-refractivity contribution in [1.82, 2.24) is 30.4 Å². The maximum Gasteiger partial charge on any atom is 0.319 e. The molecule has 9 nitrogen and oxygen atoms in total. The standard InChI is InChI=1S/C21H26FN7O2/c1-28(13-15-6-8-17(22)9-7-15)14-19(30)10-11-23-21(31)24-18-5-3-4-16(12-18)20-25-26-27-29(20)2/h3-9,12,19,30H,10-11,13-14H2,1-2H3,(H2,23,24,31). The Labute approximate surface area is 179 Å². The van der Waals surface area contributed by atoms with Crippen LogP contribution in [0.15, 0.2) is 48.5 Å². The predicted molar refractivity (Wildman–Crippen MR) is 115 cm³/mol. The molecular weight excluding hydrogens is 401 g/mol. The lowest BCUT2D eigenvalue weighted by Gasteiger charge is -2.20. The fourth-order valence-electron chi connectivity index (χ4n) is 3.15. The van der Waals surface area contributed by atoms with Gasteiger partial charge in [0.15, 0.2) is 5.82 Å². The van der Waals surface area contributed by atoms with E-state index in [1.54, 1.807) is 42.1 Å². The Morgan fingerprint density at radius 1 is 1.26 bits per heavy atom. The lowest BCUT2D eigenvalue weighted by atomic mass is 10.2. The van der Waals surface area contributed by atoms with E-state index in [0.717, 1.165) is 11.1 Å². The van der Waals surface area contributed by atoms with Gasteiger partial charge in [-0.05, 0) is 53.7 Å². The topological polar surface area (TPSA) is 108 Å². The number of urea groups is 1. The molecule has 0 radical (unpaired) electrons. The SMILES string of the molecule is CN(Cc1ccc(F)cc1)CC(O)CCNC(=O)Nc1cccc(-c2nnnn2C)c1. The summed E-state index contributed by atoms with van der Waals surface area (Å²) in [4.78, 5) is 14.1. The van der Waals surface area contributed by atoms with Gasteiger partial charge in [-0.25, -0.2) is 13.9 Å². The first-order valence-electron chi connectivity index (χ1n) is 9.89. The normalized spacial score (nSPS) is 12.0. The highest BCUT2D eigenvalue weighted by Gasteiger charge is 2.11. The second-order valence-corrected chi connectivity index (χ2v) is 7.35. The van der Waals surface area contributed by atoms with Crippen LogP contribution in [-0.4, -0.2) is 62.5 Å². The Morgan fingerprint density at radius 3 is 2.74 bits per heavy atom. The van der Waals surface area contributed by atoms with Crippen LogP contribution in [0.5, 0.6) is 0 Å². The number of aliphatic hydroxyl groups is 1. The van der Waals surface area contributed by atoms with E-state index in [-0.39, 0.29) is 11.8 Å².